The quantitative estimate of drug-likeness (QED) is 0.0322. The van der Waals surface area contributed by atoms with Gasteiger partial charge in [-0.2, -0.15) is 0 Å². The number of nitrogens with one attached hydrogen (secondary N) is 1. The zero-order valence-corrected chi connectivity index (χ0v) is 39.5. The van der Waals surface area contributed by atoms with Crippen molar-refractivity contribution in [3.05, 3.63) is 24.3 Å². The van der Waals surface area contributed by atoms with E-state index < -0.39 is 12.1 Å². The van der Waals surface area contributed by atoms with Crippen LogP contribution in [0.15, 0.2) is 24.3 Å². The van der Waals surface area contributed by atoms with E-state index in [1.165, 1.54) is 180 Å². The van der Waals surface area contributed by atoms with E-state index in [4.69, 9.17) is 4.74 Å². The molecule has 348 valence electrons. The lowest BCUT2D eigenvalue weighted by Gasteiger charge is -2.22. The summed E-state index contributed by atoms with van der Waals surface area (Å²) in [5.74, 6) is -0.0947. The molecule has 0 aromatic rings. The van der Waals surface area contributed by atoms with Crippen LogP contribution in [0.2, 0.25) is 0 Å². The molecule has 0 radical (unpaired) electrons. The van der Waals surface area contributed by atoms with Gasteiger partial charge in [0.25, 0.3) is 0 Å². The number of hydrogen-bond donors (Lipinski definition) is 3. The number of ether oxygens (including phenoxy) is 1. The fourth-order valence-electron chi connectivity index (χ4n) is 7.96. The molecule has 0 aliphatic heterocycles. The molecule has 0 heterocycles. The van der Waals surface area contributed by atoms with Crippen LogP contribution in [0.25, 0.3) is 0 Å². The molecule has 0 fully saturated rings. The number of unbranched alkanes of at least 4 members (excludes halogenated alkanes) is 33. The molecule has 0 saturated carbocycles. The number of carbonyl (C=O) groups excluding carboxylic acids is 2. The number of allylic oxidation sites excluding steroid dienone is 4. The standard InChI is InChI=1S/C53H101NO5/c1-3-5-7-9-11-13-15-17-19-20-21-23-25-27-31-35-39-43-47-53(58)59-48-44-40-36-32-28-30-34-38-42-46-52(57)54-50(49-55)51(56)45-41-37-33-29-26-24-22-18-16-14-12-10-8-6-4-2/h13,15,19-20,50-51,55-56H,3-12,14,16-18,21-49H2,1-2H3,(H,54,57)/b15-13-,20-19-. The third kappa shape index (κ3) is 45.7. The Kier molecular flexibility index (Phi) is 47.6. The van der Waals surface area contributed by atoms with Crippen molar-refractivity contribution in [3.63, 3.8) is 0 Å². The lowest BCUT2D eigenvalue weighted by molar-refractivity contribution is -0.143. The smallest absolute Gasteiger partial charge is 0.305 e. The molecule has 0 aliphatic carbocycles. The molecule has 2 atom stereocenters. The molecular weight excluding hydrogens is 731 g/mol. The summed E-state index contributed by atoms with van der Waals surface area (Å²) in [4.78, 5) is 24.5. The topological polar surface area (TPSA) is 95.9 Å². The van der Waals surface area contributed by atoms with Crippen molar-refractivity contribution in [2.24, 2.45) is 0 Å². The second kappa shape index (κ2) is 49.0. The molecule has 1 amide bonds. The van der Waals surface area contributed by atoms with Crippen LogP contribution in [0.1, 0.15) is 277 Å². The van der Waals surface area contributed by atoms with E-state index in [1.807, 2.05) is 0 Å². The van der Waals surface area contributed by atoms with Crippen LogP contribution < -0.4 is 5.32 Å². The molecule has 59 heavy (non-hydrogen) atoms. The molecule has 6 nitrogen and oxygen atoms in total. The van der Waals surface area contributed by atoms with Gasteiger partial charge in [0.1, 0.15) is 0 Å². The Morgan fingerprint density at radius 2 is 0.847 bits per heavy atom. The van der Waals surface area contributed by atoms with Crippen LogP contribution in [0.3, 0.4) is 0 Å². The predicted octanol–water partition coefficient (Wildman–Crippen LogP) is 15.5. The van der Waals surface area contributed by atoms with E-state index in [9.17, 15) is 19.8 Å². The van der Waals surface area contributed by atoms with Crippen molar-refractivity contribution in [2.75, 3.05) is 13.2 Å². The van der Waals surface area contributed by atoms with Gasteiger partial charge in [0.2, 0.25) is 5.91 Å². The molecule has 3 N–H and O–H groups in total. The molecular formula is C53H101NO5. The summed E-state index contributed by atoms with van der Waals surface area (Å²) >= 11 is 0. The first-order chi connectivity index (χ1) is 29.0. The van der Waals surface area contributed by atoms with Gasteiger partial charge in [-0.25, -0.2) is 0 Å². The van der Waals surface area contributed by atoms with E-state index in [0.29, 0.717) is 25.9 Å². The van der Waals surface area contributed by atoms with Crippen molar-refractivity contribution in [1.29, 1.82) is 0 Å². The summed E-state index contributed by atoms with van der Waals surface area (Å²) in [7, 11) is 0. The maximum atomic E-state index is 12.4. The Bertz CT molecular complexity index is 920. The molecule has 0 bridgehead atoms. The number of hydrogen-bond acceptors (Lipinski definition) is 5. The normalized spacial score (nSPS) is 12.8. The lowest BCUT2D eigenvalue weighted by Crippen LogP contribution is -2.45. The molecule has 6 heteroatoms. The van der Waals surface area contributed by atoms with Crippen molar-refractivity contribution >= 4 is 11.9 Å². The van der Waals surface area contributed by atoms with Gasteiger partial charge in [-0.15, -0.1) is 0 Å². The van der Waals surface area contributed by atoms with Crippen LogP contribution in [-0.4, -0.2) is 47.4 Å². The number of carbonyl (C=O) groups is 2. The minimum atomic E-state index is -0.682. The highest BCUT2D eigenvalue weighted by atomic mass is 16.5. The summed E-state index contributed by atoms with van der Waals surface area (Å²) in [5.41, 5.74) is 0. The Hall–Kier alpha value is -1.66. The minimum absolute atomic E-state index is 0.0322. The van der Waals surface area contributed by atoms with Crippen LogP contribution in [0.4, 0.5) is 0 Å². The van der Waals surface area contributed by atoms with Crippen LogP contribution in [0, 0.1) is 0 Å². The van der Waals surface area contributed by atoms with Gasteiger partial charge in [0.05, 0.1) is 25.4 Å². The first-order valence-corrected chi connectivity index (χ1v) is 26.1. The Balaban J connectivity index is 3.49. The SMILES string of the molecule is CCCCCC/C=C\C/C=C\CCCCCCCCCC(=O)OCCCCCCCCCCCC(=O)NC(CO)C(O)CCCCCCCCCCCCCCCCC. The first kappa shape index (κ1) is 57.3. The maximum absolute atomic E-state index is 12.4. The van der Waals surface area contributed by atoms with E-state index in [0.717, 1.165) is 64.2 Å². The molecule has 0 aliphatic rings. The summed E-state index contributed by atoms with van der Waals surface area (Å²) < 4.78 is 5.46. The number of esters is 1. The van der Waals surface area contributed by atoms with E-state index >= 15 is 0 Å². The van der Waals surface area contributed by atoms with Gasteiger partial charge in [-0.1, -0.05) is 231 Å². The molecule has 2 unspecified atom stereocenters. The highest BCUT2D eigenvalue weighted by Crippen LogP contribution is 2.16. The molecule has 0 aromatic heterocycles. The second-order valence-electron chi connectivity index (χ2n) is 17.9. The average Bonchev–Trinajstić information content (AvgIpc) is 3.24. The van der Waals surface area contributed by atoms with Gasteiger partial charge in [-0.3, -0.25) is 9.59 Å². The van der Waals surface area contributed by atoms with Crippen molar-refractivity contribution in [1.82, 2.24) is 5.32 Å². The summed E-state index contributed by atoms with van der Waals surface area (Å²) in [6.45, 7) is 4.87. The van der Waals surface area contributed by atoms with Crippen LogP contribution >= 0.6 is 0 Å². The van der Waals surface area contributed by atoms with Gasteiger partial charge in [0.15, 0.2) is 0 Å². The monoisotopic (exact) mass is 832 g/mol. The van der Waals surface area contributed by atoms with E-state index in [-0.39, 0.29) is 18.5 Å². The van der Waals surface area contributed by atoms with Gasteiger partial charge < -0.3 is 20.3 Å². The largest absolute Gasteiger partial charge is 0.466 e. The molecule has 0 spiro atoms. The third-order valence-corrected chi connectivity index (χ3v) is 12.0. The number of amides is 1. The number of rotatable bonds is 48. The molecule has 0 rings (SSSR count). The minimum Gasteiger partial charge on any atom is -0.466 e. The summed E-state index contributed by atoms with van der Waals surface area (Å²) in [6.07, 6.45) is 57.1. The van der Waals surface area contributed by atoms with Crippen molar-refractivity contribution in [3.8, 4) is 0 Å². The zero-order valence-electron chi connectivity index (χ0n) is 39.5. The lowest BCUT2D eigenvalue weighted by atomic mass is 10.0. The highest BCUT2D eigenvalue weighted by Gasteiger charge is 2.20. The van der Waals surface area contributed by atoms with Gasteiger partial charge >= 0.3 is 5.97 Å². The number of aliphatic hydroxyl groups is 2. The van der Waals surface area contributed by atoms with Crippen molar-refractivity contribution < 1.29 is 24.5 Å². The molecule has 0 aromatic carbocycles. The number of aliphatic hydroxyl groups excluding tert-OH is 2. The van der Waals surface area contributed by atoms with Gasteiger partial charge in [0, 0.05) is 12.8 Å². The predicted molar refractivity (Wildman–Crippen MR) is 255 cm³/mol. The van der Waals surface area contributed by atoms with Crippen LogP contribution in [0.5, 0.6) is 0 Å². The summed E-state index contributed by atoms with van der Waals surface area (Å²) in [6, 6.07) is -0.562. The fourth-order valence-corrected chi connectivity index (χ4v) is 7.96. The first-order valence-electron chi connectivity index (χ1n) is 26.1. The second-order valence-corrected chi connectivity index (χ2v) is 17.9. The third-order valence-electron chi connectivity index (χ3n) is 12.0. The van der Waals surface area contributed by atoms with Crippen LogP contribution in [-0.2, 0) is 14.3 Å². The Morgan fingerprint density at radius 1 is 0.475 bits per heavy atom. The Morgan fingerprint density at radius 3 is 1.31 bits per heavy atom. The highest BCUT2D eigenvalue weighted by molar-refractivity contribution is 5.76. The fraction of sp³-hybridized carbons (Fsp3) is 0.887. The zero-order chi connectivity index (χ0) is 43.0. The summed E-state index contributed by atoms with van der Waals surface area (Å²) in [5, 5.41) is 23.2. The molecule has 0 saturated heterocycles. The van der Waals surface area contributed by atoms with E-state index in [2.05, 4.69) is 43.5 Å². The van der Waals surface area contributed by atoms with Crippen molar-refractivity contribution in [2.45, 2.75) is 289 Å². The Labute approximate surface area is 367 Å². The van der Waals surface area contributed by atoms with Gasteiger partial charge in [-0.05, 0) is 57.8 Å². The maximum Gasteiger partial charge on any atom is 0.305 e. The van der Waals surface area contributed by atoms with E-state index in [1.54, 1.807) is 0 Å². The average molecular weight is 832 g/mol.